The highest BCUT2D eigenvalue weighted by atomic mass is 16.7. The van der Waals surface area contributed by atoms with Gasteiger partial charge in [0.1, 0.15) is 11.4 Å². The molecule has 6 nitrogen and oxygen atoms in total. The molecule has 0 saturated carbocycles. The molecule has 0 aliphatic rings. The molecule has 0 spiro atoms. The summed E-state index contributed by atoms with van der Waals surface area (Å²) in [7, 11) is 0. The van der Waals surface area contributed by atoms with Gasteiger partial charge in [-0.25, -0.2) is 9.48 Å². The van der Waals surface area contributed by atoms with Crippen molar-refractivity contribution >= 4 is 6.16 Å². The van der Waals surface area contributed by atoms with E-state index in [1.54, 1.807) is 45.9 Å². The maximum absolute atomic E-state index is 11.7. The van der Waals surface area contributed by atoms with Crippen LogP contribution in [-0.4, -0.2) is 26.6 Å². The van der Waals surface area contributed by atoms with E-state index in [1.165, 1.54) is 16.8 Å². The van der Waals surface area contributed by atoms with Crippen LogP contribution in [0.15, 0.2) is 30.3 Å². The third kappa shape index (κ3) is 3.98. The fourth-order valence-electron chi connectivity index (χ4n) is 1.68. The number of carbonyl (C=O) groups excluding carboxylic acids is 1. The first-order valence-electron chi connectivity index (χ1n) is 6.51. The van der Waals surface area contributed by atoms with Crippen molar-refractivity contribution in [1.82, 2.24) is 9.78 Å². The summed E-state index contributed by atoms with van der Waals surface area (Å²) in [6.45, 7) is 7.07. The van der Waals surface area contributed by atoms with Crippen LogP contribution in [0.2, 0.25) is 0 Å². The number of ether oxygens (including phenoxy) is 2. The average molecular weight is 290 g/mol. The molecule has 0 aliphatic heterocycles. The summed E-state index contributed by atoms with van der Waals surface area (Å²) in [5.74, 6) is 0.407. The van der Waals surface area contributed by atoms with Crippen LogP contribution in [0.5, 0.6) is 11.6 Å². The second-order valence-corrected chi connectivity index (χ2v) is 5.62. The van der Waals surface area contributed by atoms with E-state index in [0.717, 1.165) is 0 Å². The molecule has 6 heteroatoms. The highest BCUT2D eigenvalue weighted by Crippen LogP contribution is 2.22. The van der Waals surface area contributed by atoms with Gasteiger partial charge in [0.05, 0.1) is 11.4 Å². The lowest BCUT2D eigenvalue weighted by molar-refractivity contribution is 0.0192. The van der Waals surface area contributed by atoms with Crippen molar-refractivity contribution < 1.29 is 19.4 Å². The topological polar surface area (TPSA) is 73.6 Å². The highest BCUT2D eigenvalue weighted by molar-refractivity contribution is 5.64. The van der Waals surface area contributed by atoms with Gasteiger partial charge in [-0.05, 0) is 52.0 Å². The van der Waals surface area contributed by atoms with Gasteiger partial charge in [-0.15, -0.1) is 0 Å². The number of hydrogen-bond acceptors (Lipinski definition) is 5. The molecule has 0 fully saturated rings. The van der Waals surface area contributed by atoms with Crippen LogP contribution in [0.3, 0.4) is 0 Å². The molecule has 2 rings (SSSR count). The summed E-state index contributed by atoms with van der Waals surface area (Å²) < 4.78 is 11.8. The number of aromatic hydroxyl groups is 1. The van der Waals surface area contributed by atoms with Gasteiger partial charge in [0, 0.05) is 6.07 Å². The molecule has 0 unspecified atom stereocenters. The molecule has 0 atom stereocenters. The molecule has 2 aromatic rings. The zero-order valence-electron chi connectivity index (χ0n) is 12.5. The van der Waals surface area contributed by atoms with Crippen LogP contribution in [0.25, 0.3) is 5.69 Å². The lowest BCUT2D eigenvalue weighted by atomic mass is 10.2. The summed E-state index contributed by atoms with van der Waals surface area (Å²) in [4.78, 5) is 11.7. The Balaban J connectivity index is 2.25. The predicted molar refractivity (Wildman–Crippen MR) is 76.8 cm³/mol. The number of phenolic OH excluding ortho intramolecular Hbond substituents is 1. The van der Waals surface area contributed by atoms with Crippen LogP contribution in [0.1, 0.15) is 26.5 Å². The molecule has 0 bridgehead atoms. The van der Waals surface area contributed by atoms with E-state index >= 15 is 0 Å². The molecule has 0 amide bonds. The molecule has 0 saturated heterocycles. The second-order valence-electron chi connectivity index (χ2n) is 5.62. The average Bonchev–Trinajstić information content (AvgIpc) is 2.68. The van der Waals surface area contributed by atoms with Crippen molar-refractivity contribution in [3.8, 4) is 17.3 Å². The minimum absolute atomic E-state index is 0.150. The molecule has 21 heavy (non-hydrogen) atoms. The Morgan fingerprint density at radius 2 is 1.86 bits per heavy atom. The third-order valence-corrected chi connectivity index (χ3v) is 2.47. The van der Waals surface area contributed by atoms with Crippen molar-refractivity contribution in [3.63, 3.8) is 0 Å². The zero-order chi connectivity index (χ0) is 15.6. The van der Waals surface area contributed by atoms with Crippen molar-refractivity contribution in [2.24, 2.45) is 0 Å². The molecule has 0 aliphatic carbocycles. The van der Waals surface area contributed by atoms with E-state index in [4.69, 9.17) is 9.47 Å². The highest BCUT2D eigenvalue weighted by Gasteiger charge is 2.20. The number of phenols is 1. The fraction of sp³-hybridized carbons (Fsp3) is 0.333. The Morgan fingerprint density at radius 3 is 2.43 bits per heavy atom. The molecular formula is C15H18N2O4. The summed E-state index contributed by atoms with van der Waals surface area (Å²) >= 11 is 0. The lowest BCUT2D eigenvalue weighted by Crippen LogP contribution is -2.26. The molecule has 112 valence electrons. The Kier molecular flexibility index (Phi) is 3.88. The standard InChI is InChI=1S/C15H18N2O4/c1-10-9-13(20-14(19)21-15(2,3)4)17(16-10)11-5-7-12(18)8-6-11/h5-9,18H,1-4H3. The first-order valence-corrected chi connectivity index (χ1v) is 6.51. The minimum Gasteiger partial charge on any atom is -0.508 e. The maximum atomic E-state index is 11.7. The normalized spacial score (nSPS) is 11.2. The van der Waals surface area contributed by atoms with E-state index in [1.807, 2.05) is 0 Å². The maximum Gasteiger partial charge on any atom is 0.515 e. The van der Waals surface area contributed by atoms with E-state index in [2.05, 4.69) is 5.10 Å². The van der Waals surface area contributed by atoms with Crippen LogP contribution in [0.4, 0.5) is 4.79 Å². The number of carbonyl (C=O) groups is 1. The van der Waals surface area contributed by atoms with Gasteiger partial charge in [0.2, 0.25) is 5.88 Å². The quantitative estimate of drug-likeness (QED) is 0.860. The Morgan fingerprint density at radius 1 is 1.24 bits per heavy atom. The van der Waals surface area contributed by atoms with Crippen molar-refractivity contribution in [3.05, 3.63) is 36.0 Å². The van der Waals surface area contributed by atoms with Crippen molar-refractivity contribution in [2.45, 2.75) is 33.3 Å². The van der Waals surface area contributed by atoms with Gasteiger partial charge < -0.3 is 14.6 Å². The number of hydrogen-bond donors (Lipinski definition) is 1. The SMILES string of the molecule is Cc1cc(OC(=O)OC(C)(C)C)n(-c2ccc(O)cc2)n1. The summed E-state index contributed by atoms with van der Waals surface area (Å²) in [5.41, 5.74) is 0.733. The molecule has 1 aromatic heterocycles. The Labute approximate surface area is 122 Å². The minimum atomic E-state index is -0.789. The number of nitrogens with zero attached hydrogens (tertiary/aromatic N) is 2. The van der Waals surface area contributed by atoms with Crippen LogP contribution < -0.4 is 4.74 Å². The lowest BCUT2D eigenvalue weighted by Gasteiger charge is -2.18. The summed E-state index contributed by atoms with van der Waals surface area (Å²) in [6.07, 6.45) is -0.789. The first kappa shape index (κ1) is 14.9. The fourth-order valence-corrected chi connectivity index (χ4v) is 1.68. The monoisotopic (exact) mass is 290 g/mol. The Bertz CT molecular complexity index is 639. The van der Waals surface area contributed by atoms with E-state index < -0.39 is 11.8 Å². The molecule has 1 heterocycles. The number of aryl methyl sites for hydroxylation is 1. The number of rotatable bonds is 2. The van der Waals surface area contributed by atoms with Gasteiger partial charge in [0.25, 0.3) is 0 Å². The predicted octanol–water partition coefficient (Wildman–Crippen LogP) is 3.20. The van der Waals surface area contributed by atoms with Gasteiger partial charge in [0.15, 0.2) is 0 Å². The Hall–Kier alpha value is -2.50. The summed E-state index contributed by atoms with van der Waals surface area (Å²) in [6, 6.07) is 8.04. The van der Waals surface area contributed by atoms with E-state index in [-0.39, 0.29) is 11.6 Å². The molecule has 0 radical (unpaired) electrons. The number of aromatic nitrogens is 2. The van der Waals surface area contributed by atoms with Crippen molar-refractivity contribution in [2.75, 3.05) is 0 Å². The van der Waals surface area contributed by atoms with Gasteiger partial charge in [-0.2, -0.15) is 5.10 Å². The van der Waals surface area contributed by atoms with E-state index in [9.17, 15) is 9.90 Å². The first-order chi connectivity index (χ1) is 9.74. The largest absolute Gasteiger partial charge is 0.515 e. The summed E-state index contributed by atoms with van der Waals surface area (Å²) in [5, 5.41) is 13.6. The van der Waals surface area contributed by atoms with Gasteiger partial charge in [-0.1, -0.05) is 0 Å². The van der Waals surface area contributed by atoms with Crippen LogP contribution in [-0.2, 0) is 4.74 Å². The second kappa shape index (κ2) is 5.47. The van der Waals surface area contributed by atoms with Gasteiger partial charge in [-0.3, -0.25) is 0 Å². The molecule has 1 aromatic carbocycles. The van der Waals surface area contributed by atoms with Gasteiger partial charge >= 0.3 is 6.16 Å². The molecular weight excluding hydrogens is 272 g/mol. The van der Waals surface area contributed by atoms with E-state index in [0.29, 0.717) is 11.4 Å². The third-order valence-electron chi connectivity index (χ3n) is 2.47. The van der Waals surface area contributed by atoms with Crippen molar-refractivity contribution in [1.29, 1.82) is 0 Å². The smallest absolute Gasteiger partial charge is 0.508 e. The zero-order valence-corrected chi connectivity index (χ0v) is 12.5. The molecule has 1 N–H and O–H groups in total. The number of benzene rings is 1. The van der Waals surface area contributed by atoms with Crippen LogP contribution >= 0.6 is 0 Å². The van der Waals surface area contributed by atoms with Crippen LogP contribution in [0, 0.1) is 6.92 Å².